The Bertz CT molecular complexity index is 560. The van der Waals surface area contributed by atoms with Crippen LogP contribution in [0.2, 0.25) is 5.02 Å². The summed E-state index contributed by atoms with van der Waals surface area (Å²) >= 11 is 6.23. The average Bonchev–Trinajstić information content (AvgIpc) is 2.43. The van der Waals surface area contributed by atoms with Gasteiger partial charge in [0.05, 0.1) is 5.02 Å². The highest BCUT2D eigenvalue weighted by Gasteiger charge is 2.08. The maximum absolute atomic E-state index is 8.73. The third-order valence-electron chi connectivity index (χ3n) is 3.04. The Morgan fingerprint density at radius 3 is 2.84 bits per heavy atom. The number of unbranched alkanes of at least 4 members (excludes halogenated alkanes) is 2. The number of fused-ring (bicyclic) bond motifs is 1. The van der Waals surface area contributed by atoms with Crippen molar-refractivity contribution < 1.29 is 5.11 Å². The highest BCUT2D eigenvalue weighted by molar-refractivity contribution is 6.37. The predicted molar refractivity (Wildman–Crippen MR) is 80.6 cm³/mol. The van der Waals surface area contributed by atoms with Crippen molar-refractivity contribution >= 4 is 33.9 Å². The van der Waals surface area contributed by atoms with Gasteiger partial charge in [-0.15, -0.1) is 0 Å². The van der Waals surface area contributed by atoms with Crippen molar-refractivity contribution in [2.24, 2.45) is 0 Å². The average molecular weight is 280 g/mol. The Morgan fingerprint density at radius 1 is 1.21 bits per heavy atom. The van der Waals surface area contributed by atoms with Crippen molar-refractivity contribution in [1.82, 2.24) is 4.98 Å². The van der Waals surface area contributed by atoms with Gasteiger partial charge >= 0.3 is 0 Å². The third-order valence-corrected chi connectivity index (χ3v) is 3.35. The fourth-order valence-electron chi connectivity index (χ4n) is 2.03. The molecule has 0 spiro atoms. The molecule has 4 N–H and O–H groups in total. The van der Waals surface area contributed by atoms with Crippen molar-refractivity contribution in [3.8, 4) is 0 Å². The van der Waals surface area contributed by atoms with Gasteiger partial charge < -0.3 is 16.2 Å². The standard InChI is InChI=1S/C14H18ClN3O/c15-11-4-5-12(16)10-6-8-18-14(13(10)11)17-7-2-1-3-9-19/h4-6,8,19H,1-3,7,9,16H2,(H,17,18). The second-order valence-electron chi connectivity index (χ2n) is 4.43. The smallest absolute Gasteiger partial charge is 0.135 e. The molecule has 0 aliphatic rings. The molecule has 0 bridgehead atoms. The largest absolute Gasteiger partial charge is 0.398 e. The van der Waals surface area contributed by atoms with E-state index in [0.717, 1.165) is 42.4 Å². The number of nitrogen functional groups attached to an aromatic ring is 1. The van der Waals surface area contributed by atoms with Gasteiger partial charge in [-0.2, -0.15) is 0 Å². The zero-order valence-corrected chi connectivity index (χ0v) is 11.5. The minimum atomic E-state index is 0.245. The molecule has 19 heavy (non-hydrogen) atoms. The molecule has 1 aromatic heterocycles. The molecule has 0 atom stereocenters. The quantitative estimate of drug-likeness (QED) is 0.561. The monoisotopic (exact) mass is 279 g/mol. The van der Waals surface area contributed by atoms with E-state index in [1.165, 1.54) is 0 Å². The van der Waals surface area contributed by atoms with E-state index in [0.29, 0.717) is 10.7 Å². The minimum Gasteiger partial charge on any atom is -0.398 e. The number of hydrogen-bond donors (Lipinski definition) is 3. The fraction of sp³-hybridized carbons (Fsp3) is 0.357. The second kappa shape index (κ2) is 6.59. The number of aliphatic hydroxyl groups excluding tert-OH is 1. The maximum Gasteiger partial charge on any atom is 0.135 e. The van der Waals surface area contributed by atoms with Crippen LogP contribution in [0, 0.1) is 0 Å². The van der Waals surface area contributed by atoms with Gasteiger partial charge in [0, 0.05) is 35.8 Å². The number of pyridine rings is 1. The van der Waals surface area contributed by atoms with E-state index in [1.807, 2.05) is 6.07 Å². The van der Waals surface area contributed by atoms with E-state index in [4.69, 9.17) is 22.4 Å². The van der Waals surface area contributed by atoms with Crippen LogP contribution in [0.15, 0.2) is 24.4 Å². The van der Waals surface area contributed by atoms with Crippen LogP contribution in [0.5, 0.6) is 0 Å². The first-order valence-electron chi connectivity index (χ1n) is 6.41. The summed E-state index contributed by atoms with van der Waals surface area (Å²) in [5.74, 6) is 0.763. The number of aliphatic hydroxyl groups is 1. The predicted octanol–water partition coefficient (Wildman–Crippen LogP) is 3.04. The third kappa shape index (κ3) is 3.28. The van der Waals surface area contributed by atoms with Crippen molar-refractivity contribution in [2.75, 3.05) is 24.2 Å². The van der Waals surface area contributed by atoms with Crippen LogP contribution in [0.1, 0.15) is 19.3 Å². The summed E-state index contributed by atoms with van der Waals surface area (Å²) in [4.78, 5) is 4.33. The zero-order chi connectivity index (χ0) is 13.7. The molecule has 0 radical (unpaired) electrons. The zero-order valence-electron chi connectivity index (χ0n) is 10.7. The normalized spacial score (nSPS) is 10.8. The Morgan fingerprint density at radius 2 is 2.05 bits per heavy atom. The van der Waals surface area contributed by atoms with E-state index in [9.17, 15) is 0 Å². The van der Waals surface area contributed by atoms with Crippen molar-refractivity contribution in [3.05, 3.63) is 29.4 Å². The number of hydrogen-bond acceptors (Lipinski definition) is 4. The topological polar surface area (TPSA) is 71.2 Å². The summed E-state index contributed by atoms with van der Waals surface area (Å²) in [5, 5.41) is 14.4. The molecule has 0 aliphatic carbocycles. The van der Waals surface area contributed by atoms with E-state index in [2.05, 4.69) is 10.3 Å². The van der Waals surface area contributed by atoms with Gasteiger partial charge in [0.1, 0.15) is 5.82 Å². The SMILES string of the molecule is Nc1ccc(Cl)c2c(NCCCCCO)nccc12. The Hall–Kier alpha value is -1.52. The van der Waals surface area contributed by atoms with Crippen LogP contribution >= 0.6 is 11.6 Å². The number of nitrogens with one attached hydrogen (secondary N) is 1. The summed E-state index contributed by atoms with van der Waals surface area (Å²) in [6.07, 6.45) is 4.53. The molecular formula is C14H18ClN3O. The highest BCUT2D eigenvalue weighted by atomic mass is 35.5. The number of benzene rings is 1. The van der Waals surface area contributed by atoms with Crippen molar-refractivity contribution in [2.45, 2.75) is 19.3 Å². The summed E-state index contributed by atoms with van der Waals surface area (Å²) in [6, 6.07) is 5.46. The van der Waals surface area contributed by atoms with Gasteiger partial charge in [0.2, 0.25) is 0 Å². The molecule has 1 heterocycles. The molecule has 0 saturated carbocycles. The lowest BCUT2D eigenvalue weighted by Crippen LogP contribution is -2.04. The molecule has 0 unspecified atom stereocenters. The fourth-order valence-corrected chi connectivity index (χ4v) is 2.29. The Kier molecular flexibility index (Phi) is 4.82. The molecule has 0 aliphatic heterocycles. The summed E-state index contributed by atoms with van der Waals surface area (Å²) < 4.78 is 0. The lowest BCUT2D eigenvalue weighted by Gasteiger charge is -2.11. The first-order chi connectivity index (χ1) is 9.24. The van der Waals surface area contributed by atoms with Crippen LogP contribution in [0.25, 0.3) is 10.8 Å². The molecule has 0 saturated heterocycles. The molecule has 2 aromatic rings. The van der Waals surface area contributed by atoms with Crippen LogP contribution in [-0.2, 0) is 0 Å². The van der Waals surface area contributed by atoms with Crippen molar-refractivity contribution in [3.63, 3.8) is 0 Å². The van der Waals surface area contributed by atoms with Gasteiger partial charge in [0.25, 0.3) is 0 Å². The Labute approximate surface area is 117 Å². The molecule has 102 valence electrons. The molecule has 2 rings (SSSR count). The first-order valence-corrected chi connectivity index (χ1v) is 6.79. The highest BCUT2D eigenvalue weighted by Crippen LogP contribution is 2.32. The summed E-state index contributed by atoms with van der Waals surface area (Å²) in [6.45, 7) is 1.05. The molecule has 0 amide bonds. The lowest BCUT2D eigenvalue weighted by molar-refractivity contribution is 0.283. The van der Waals surface area contributed by atoms with Crippen LogP contribution in [0.3, 0.4) is 0 Å². The first kappa shape index (κ1) is 13.9. The molecule has 5 heteroatoms. The van der Waals surface area contributed by atoms with E-state index in [1.54, 1.807) is 18.3 Å². The van der Waals surface area contributed by atoms with Crippen molar-refractivity contribution in [1.29, 1.82) is 0 Å². The Balaban J connectivity index is 2.17. The second-order valence-corrected chi connectivity index (χ2v) is 4.84. The number of nitrogens with two attached hydrogens (primary N) is 1. The summed E-state index contributed by atoms with van der Waals surface area (Å²) in [5.41, 5.74) is 6.65. The van der Waals surface area contributed by atoms with Gasteiger partial charge in [-0.25, -0.2) is 4.98 Å². The number of halogens is 1. The minimum absolute atomic E-state index is 0.245. The number of aromatic nitrogens is 1. The molecule has 0 fully saturated rings. The number of nitrogens with zero attached hydrogens (tertiary/aromatic N) is 1. The molecule has 1 aromatic carbocycles. The van der Waals surface area contributed by atoms with E-state index >= 15 is 0 Å². The number of rotatable bonds is 6. The van der Waals surface area contributed by atoms with Crippen LogP contribution in [-0.4, -0.2) is 23.2 Å². The summed E-state index contributed by atoms with van der Waals surface area (Å²) in [7, 11) is 0. The van der Waals surface area contributed by atoms with Gasteiger partial charge in [0.15, 0.2) is 0 Å². The van der Waals surface area contributed by atoms with Crippen LogP contribution < -0.4 is 11.1 Å². The maximum atomic E-state index is 8.73. The van der Waals surface area contributed by atoms with Gasteiger partial charge in [-0.3, -0.25) is 0 Å². The number of anilines is 2. The van der Waals surface area contributed by atoms with E-state index < -0.39 is 0 Å². The van der Waals surface area contributed by atoms with Gasteiger partial charge in [-0.05, 0) is 37.5 Å². The van der Waals surface area contributed by atoms with E-state index in [-0.39, 0.29) is 6.61 Å². The van der Waals surface area contributed by atoms with Crippen LogP contribution in [0.4, 0.5) is 11.5 Å². The van der Waals surface area contributed by atoms with Gasteiger partial charge in [-0.1, -0.05) is 11.6 Å². The lowest BCUT2D eigenvalue weighted by atomic mass is 10.1. The molecular weight excluding hydrogens is 262 g/mol. The molecule has 4 nitrogen and oxygen atoms in total.